The van der Waals surface area contributed by atoms with Crippen LogP contribution in [0.15, 0.2) is 43.0 Å². The maximum absolute atomic E-state index is 11.8. The summed E-state index contributed by atoms with van der Waals surface area (Å²) in [5.41, 5.74) is 1.58. The summed E-state index contributed by atoms with van der Waals surface area (Å²) < 4.78 is 5.60. The standard InChI is InChI=1S/C15H13N3O2/c1-2-14(19)12-8-18-13-7-10(3-4-11(12)13)20-15-9-16-5-6-17-15/h3-9,18H,2H2,1H3. The fourth-order valence-corrected chi connectivity index (χ4v) is 2.05. The van der Waals surface area contributed by atoms with E-state index in [4.69, 9.17) is 4.74 Å². The molecule has 5 nitrogen and oxygen atoms in total. The van der Waals surface area contributed by atoms with Gasteiger partial charge >= 0.3 is 0 Å². The second kappa shape index (κ2) is 5.13. The van der Waals surface area contributed by atoms with Crippen molar-refractivity contribution < 1.29 is 9.53 Å². The lowest BCUT2D eigenvalue weighted by atomic mass is 10.1. The fourth-order valence-electron chi connectivity index (χ4n) is 2.05. The van der Waals surface area contributed by atoms with Gasteiger partial charge in [0.25, 0.3) is 0 Å². The minimum Gasteiger partial charge on any atom is -0.437 e. The van der Waals surface area contributed by atoms with Gasteiger partial charge in [0.1, 0.15) is 5.75 Å². The van der Waals surface area contributed by atoms with Crippen LogP contribution in [-0.2, 0) is 0 Å². The van der Waals surface area contributed by atoms with Crippen molar-refractivity contribution in [1.82, 2.24) is 15.0 Å². The molecule has 0 saturated carbocycles. The van der Waals surface area contributed by atoms with E-state index in [-0.39, 0.29) is 5.78 Å². The number of H-pyrrole nitrogens is 1. The van der Waals surface area contributed by atoms with Gasteiger partial charge in [-0.2, -0.15) is 0 Å². The fraction of sp³-hybridized carbons (Fsp3) is 0.133. The number of Topliss-reactive ketones (excluding diaryl/α,β-unsaturated/α-hetero) is 1. The van der Waals surface area contributed by atoms with Gasteiger partial charge in [-0.3, -0.25) is 9.78 Å². The topological polar surface area (TPSA) is 67.9 Å². The molecule has 0 aliphatic rings. The van der Waals surface area contributed by atoms with E-state index in [0.717, 1.165) is 10.9 Å². The van der Waals surface area contributed by atoms with Gasteiger partial charge in [0.15, 0.2) is 5.78 Å². The van der Waals surface area contributed by atoms with Crippen LogP contribution in [0.25, 0.3) is 10.9 Å². The molecule has 0 amide bonds. The molecule has 0 aliphatic heterocycles. The molecular formula is C15H13N3O2. The molecule has 5 heteroatoms. The van der Waals surface area contributed by atoms with E-state index in [9.17, 15) is 4.79 Å². The minimum absolute atomic E-state index is 0.124. The monoisotopic (exact) mass is 267 g/mol. The number of carbonyl (C=O) groups is 1. The van der Waals surface area contributed by atoms with Gasteiger partial charge in [0.05, 0.1) is 6.20 Å². The van der Waals surface area contributed by atoms with Crippen molar-refractivity contribution in [1.29, 1.82) is 0 Å². The first-order valence-electron chi connectivity index (χ1n) is 6.36. The molecule has 0 unspecified atom stereocenters. The number of rotatable bonds is 4. The second-order valence-corrected chi connectivity index (χ2v) is 4.33. The summed E-state index contributed by atoms with van der Waals surface area (Å²) in [6, 6.07) is 5.54. The van der Waals surface area contributed by atoms with Gasteiger partial charge in [-0.15, -0.1) is 0 Å². The number of nitrogens with one attached hydrogen (secondary N) is 1. The molecule has 0 saturated heterocycles. The van der Waals surface area contributed by atoms with E-state index in [0.29, 0.717) is 23.6 Å². The number of carbonyl (C=O) groups excluding carboxylic acids is 1. The number of nitrogens with zero attached hydrogens (tertiary/aromatic N) is 2. The number of benzene rings is 1. The van der Waals surface area contributed by atoms with Crippen molar-refractivity contribution in [3.05, 3.63) is 48.5 Å². The minimum atomic E-state index is 0.124. The van der Waals surface area contributed by atoms with Gasteiger partial charge in [-0.25, -0.2) is 4.98 Å². The van der Waals surface area contributed by atoms with Crippen LogP contribution in [-0.4, -0.2) is 20.7 Å². The third-order valence-corrected chi connectivity index (χ3v) is 3.04. The Morgan fingerprint density at radius 3 is 3.00 bits per heavy atom. The average Bonchev–Trinajstić information content (AvgIpc) is 2.90. The van der Waals surface area contributed by atoms with Crippen molar-refractivity contribution >= 4 is 16.7 Å². The van der Waals surface area contributed by atoms with E-state index in [1.807, 2.05) is 25.1 Å². The molecule has 3 rings (SSSR count). The number of hydrogen-bond acceptors (Lipinski definition) is 4. The first kappa shape index (κ1) is 12.3. The second-order valence-electron chi connectivity index (χ2n) is 4.33. The zero-order chi connectivity index (χ0) is 13.9. The molecule has 0 spiro atoms. The molecule has 0 atom stereocenters. The molecule has 0 bridgehead atoms. The third-order valence-electron chi connectivity index (χ3n) is 3.04. The van der Waals surface area contributed by atoms with Gasteiger partial charge < -0.3 is 9.72 Å². The number of ketones is 1. The first-order valence-corrected chi connectivity index (χ1v) is 6.36. The molecule has 0 aliphatic carbocycles. The van der Waals surface area contributed by atoms with E-state index in [1.165, 1.54) is 0 Å². The summed E-state index contributed by atoms with van der Waals surface area (Å²) in [5.74, 6) is 1.21. The summed E-state index contributed by atoms with van der Waals surface area (Å²) in [5, 5.41) is 0.906. The normalized spacial score (nSPS) is 10.7. The largest absolute Gasteiger partial charge is 0.437 e. The highest BCUT2D eigenvalue weighted by atomic mass is 16.5. The molecule has 2 heterocycles. The maximum atomic E-state index is 11.8. The highest BCUT2D eigenvalue weighted by molar-refractivity contribution is 6.07. The van der Waals surface area contributed by atoms with Crippen molar-refractivity contribution in [3.63, 3.8) is 0 Å². The van der Waals surface area contributed by atoms with Crippen LogP contribution in [0.2, 0.25) is 0 Å². The smallest absolute Gasteiger partial charge is 0.237 e. The summed E-state index contributed by atoms with van der Waals surface area (Å²) in [6.45, 7) is 1.85. The molecule has 3 aromatic rings. The Kier molecular flexibility index (Phi) is 3.16. The first-order chi connectivity index (χ1) is 9.78. The predicted molar refractivity (Wildman–Crippen MR) is 75.0 cm³/mol. The Balaban J connectivity index is 1.94. The van der Waals surface area contributed by atoms with Crippen LogP contribution < -0.4 is 4.74 Å². The number of aromatic amines is 1. The Morgan fingerprint density at radius 1 is 1.35 bits per heavy atom. The zero-order valence-corrected chi connectivity index (χ0v) is 11.0. The van der Waals surface area contributed by atoms with Gasteiger partial charge in [-0.05, 0) is 12.1 Å². The van der Waals surface area contributed by atoms with Gasteiger partial charge in [0.2, 0.25) is 5.88 Å². The van der Waals surface area contributed by atoms with Gasteiger partial charge in [0, 0.05) is 47.5 Å². The van der Waals surface area contributed by atoms with Crippen LogP contribution in [0.1, 0.15) is 23.7 Å². The van der Waals surface area contributed by atoms with Crippen LogP contribution in [0.3, 0.4) is 0 Å². The number of ether oxygens (including phenoxy) is 1. The highest BCUT2D eigenvalue weighted by Gasteiger charge is 2.11. The van der Waals surface area contributed by atoms with Crippen molar-refractivity contribution in [2.45, 2.75) is 13.3 Å². The molecule has 1 N–H and O–H groups in total. The lowest BCUT2D eigenvalue weighted by molar-refractivity contribution is 0.0990. The maximum Gasteiger partial charge on any atom is 0.237 e. The number of aromatic nitrogens is 3. The van der Waals surface area contributed by atoms with E-state index in [1.54, 1.807) is 24.8 Å². The summed E-state index contributed by atoms with van der Waals surface area (Å²) in [7, 11) is 0. The summed E-state index contributed by atoms with van der Waals surface area (Å²) in [6.07, 6.45) is 6.93. The molecule has 1 aromatic carbocycles. The van der Waals surface area contributed by atoms with E-state index >= 15 is 0 Å². The number of fused-ring (bicyclic) bond motifs is 1. The van der Waals surface area contributed by atoms with Crippen molar-refractivity contribution in [2.24, 2.45) is 0 Å². The zero-order valence-electron chi connectivity index (χ0n) is 11.0. The van der Waals surface area contributed by atoms with Crippen molar-refractivity contribution in [2.75, 3.05) is 0 Å². The number of hydrogen-bond donors (Lipinski definition) is 1. The third kappa shape index (κ3) is 2.25. The van der Waals surface area contributed by atoms with Crippen molar-refractivity contribution in [3.8, 4) is 11.6 Å². The predicted octanol–water partition coefficient (Wildman–Crippen LogP) is 3.34. The molecule has 100 valence electrons. The molecule has 20 heavy (non-hydrogen) atoms. The SMILES string of the molecule is CCC(=O)c1c[nH]c2cc(Oc3cnccn3)ccc12. The average molecular weight is 267 g/mol. The van der Waals surface area contributed by atoms with Crippen LogP contribution in [0.5, 0.6) is 11.6 Å². The molecular weight excluding hydrogens is 254 g/mol. The lowest BCUT2D eigenvalue weighted by Gasteiger charge is -2.04. The lowest BCUT2D eigenvalue weighted by Crippen LogP contribution is -1.94. The summed E-state index contributed by atoms with van der Waals surface area (Å²) in [4.78, 5) is 22.9. The van der Waals surface area contributed by atoms with Gasteiger partial charge in [-0.1, -0.05) is 6.92 Å². The Hall–Kier alpha value is -2.69. The molecule has 0 radical (unpaired) electrons. The Morgan fingerprint density at radius 2 is 2.25 bits per heavy atom. The quantitative estimate of drug-likeness (QED) is 0.736. The highest BCUT2D eigenvalue weighted by Crippen LogP contribution is 2.26. The summed E-state index contributed by atoms with van der Waals surface area (Å²) >= 11 is 0. The van der Waals surface area contributed by atoms with Crippen LogP contribution in [0, 0.1) is 0 Å². The molecule has 2 aromatic heterocycles. The Bertz CT molecular complexity index is 750. The van der Waals surface area contributed by atoms with Crippen LogP contribution in [0.4, 0.5) is 0 Å². The molecule has 0 fully saturated rings. The van der Waals surface area contributed by atoms with Crippen LogP contribution >= 0.6 is 0 Å². The Labute approximate surface area is 115 Å². The van der Waals surface area contributed by atoms with E-state index in [2.05, 4.69) is 15.0 Å². The van der Waals surface area contributed by atoms with E-state index < -0.39 is 0 Å².